The summed E-state index contributed by atoms with van der Waals surface area (Å²) in [5.74, 6) is 1.45. The maximum absolute atomic E-state index is 12.9. The van der Waals surface area contributed by atoms with Gasteiger partial charge in [-0.05, 0) is 30.5 Å². The highest BCUT2D eigenvalue weighted by Crippen LogP contribution is 2.23. The fourth-order valence-corrected chi connectivity index (χ4v) is 2.96. The summed E-state index contributed by atoms with van der Waals surface area (Å²) < 4.78 is 12.9. The number of piperidine rings is 1. The number of hydrogen-bond acceptors (Lipinski definition) is 5. The molecule has 132 valence electrons. The number of carbonyl (C=O) groups is 1. The Morgan fingerprint density at radius 1 is 1.24 bits per heavy atom. The molecular weight excluding hydrogens is 321 g/mol. The van der Waals surface area contributed by atoms with E-state index < -0.39 is 0 Å². The average molecular weight is 343 g/mol. The van der Waals surface area contributed by atoms with Crippen molar-refractivity contribution in [3.05, 3.63) is 48.0 Å². The van der Waals surface area contributed by atoms with E-state index in [-0.39, 0.29) is 17.6 Å². The van der Waals surface area contributed by atoms with Crippen LogP contribution in [-0.4, -0.2) is 36.0 Å². The summed E-state index contributed by atoms with van der Waals surface area (Å²) in [5, 5.41) is 5.95. The van der Waals surface area contributed by atoms with Crippen LogP contribution >= 0.6 is 0 Å². The molecule has 0 aliphatic carbocycles. The summed E-state index contributed by atoms with van der Waals surface area (Å²) in [6.07, 6.45) is 3.12. The van der Waals surface area contributed by atoms with Crippen LogP contribution in [0.3, 0.4) is 0 Å². The Morgan fingerprint density at radius 3 is 2.64 bits per heavy atom. The molecule has 25 heavy (non-hydrogen) atoms. The highest BCUT2D eigenvalue weighted by atomic mass is 19.1. The van der Waals surface area contributed by atoms with Crippen molar-refractivity contribution in [2.75, 3.05) is 30.4 Å². The molecule has 0 saturated carbocycles. The van der Waals surface area contributed by atoms with Crippen molar-refractivity contribution >= 4 is 17.5 Å². The SMILES string of the molecule is CNc1cc(N2CCC(C(=O)NCc3ccc(F)cc3)CC2)ncn1. The monoisotopic (exact) mass is 343 g/mol. The number of halogens is 1. The van der Waals surface area contributed by atoms with Gasteiger partial charge >= 0.3 is 0 Å². The minimum absolute atomic E-state index is 0.00214. The number of nitrogens with one attached hydrogen (secondary N) is 2. The Bertz CT molecular complexity index is 714. The van der Waals surface area contributed by atoms with Gasteiger partial charge in [-0.25, -0.2) is 14.4 Å². The van der Waals surface area contributed by atoms with Gasteiger partial charge in [-0.3, -0.25) is 4.79 Å². The molecule has 6 nitrogen and oxygen atoms in total. The molecule has 2 aromatic rings. The first-order valence-electron chi connectivity index (χ1n) is 8.42. The fourth-order valence-electron chi connectivity index (χ4n) is 2.96. The summed E-state index contributed by atoms with van der Waals surface area (Å²) in [6.45, 7) is 2.00. The highest BCUT2D eigenvalue weighted by Gasteiger charge is 2.25. The maximum Gasteiger partial charge on any atom is 0.223 e. The molecule has 1 aromatic carbocycles. The molecule has 3 rings (SSSR count). The van der Waals surface area contributed by atoms with E-state index in [1.165, 1.54) is 12.1 Å². The van der Waals surface area contributed by atoms with Crippen molar-refractivity contribution in [1.82, 2.24) is 15.3 Å². The molecule has 0 atom stereocenters. The van der Waals surface area contributed by atoms with Crippen LogP contribution in [-0.2, 0) is 11.3 Å². The number of carbonyl (C=O) groups excluding carboxylic acids is 1. The maximum atomic E-state index is 12.9. The summed E-state index contributed by atoms with van der Waals surface area (Å²) in [7, 11) is 1.82. The number of benzene rings is 1. The van der Waals surface area contributed by atoms with Gasteiger partial charge < -0.3 is 15.5 Å². The normalized spacial score (nSPS) is 15.0. The number of rotatable bonds is 5. The quantitative estimate of drug-likeness (QED) is 0.871. The number of hydrogen-bond donors (Lipinski definition) is 2. The molecule has 0 bridgehead atoms. The average Bonchev–Trinajstić information content (AvgIpc) is 2.67. The lowest BCUT2D eigenvalue weighted by molar-refractivity contribution is -0.125. The van der Waals surface area contributed by atoms with E-state index in [0.717, 1.165) is 43.1 Å². The summed E-state index contributed by atoms with van der Waals surface area (Å²) in [6, 6.07) is 8.09. The molecule has 1 aliphatic heterocycles. The number of nitrogens with zero attached hydrogens (tertiary/aromatic N) is 3. The largest absolute Gasteiger partial charge is 0.373 e. The van der Waals surface area contributed by atoms with Gasteiger partial charge in [0.15, 0.2) is 0 Å². The summed E-state index contributed by atoms with van der Waals surface area (Å²) in [4.78, 5) is 22.9. The van der Waals surface area contributed by atoms with Gasteiger partial charge in [0.25, 0.3) is 0 Å². The van der Waals surface area contributed by atoms with Crippen molar-refractivity contribution in [1.29, 1.82) is 0 Å². The minimum Gasteiger partial charge on any atom is -0.373 e. The van der Waals surface area contributed by atoms with Gasteiger partial charge in [0, 0.05) is 38.7 Å². The Morgan fingerprint density at radius 2 is 1.96 bits per heavy atom. The molecule has 1 amide bonds. The highest BCUT2D eigenvalue weighted by molar-refractivity contribution is 5.79. The molecule has 0 spiro atoms. The first kappa shape index (κ1) is 17.1. The molecule has 1 aromatic heterocycles. The van der Waals surface area contributed by atoms with Gasteiger partial charge in [-0.15, -0.1) is 0 Å². The van der Waals surface area contributed by atoms with Crippen LogP contribution in [0.25, 0.3) is 0 Å². The number of anilines is 2. The third-order valence-corrected chi connectivity index (χ3v) is 4.48. The van der Waals surface area contributed by atoms with Crippen LogP contribution in [0.15, 0.2) is 36.7 Å². The van der Waals surface area contributed by atoms with Crippen molar-refractivity contribution in [3.8, 4) is 0 Å². The smallest absolute Gasteiger partial charge is 0.223 e. The first-order chi connectivity index (χ1) is 12.2. The van der Waals surface area contributed by atoms with Gasteiger partial charge in [0.1, 0.15) is 23.8 Å². The van der Waals surface area contributed by atoms with E-state index in [4.69, 9.17) is 0 Å². The number of aromatic nitrogens is 2. The van der Waals surface area contributed by atoms with Crippen molar-refractivity contribution in [2.24, 2.45) is 5.92 Å². The standard InChI is InChI=1S/C18H22FN5O/c1-20-16-10-17(23-12-22-16)24-8-6-14(7-9-24)18(25)21-11-13-2-4-15(19)5-3-13/h2-5,10,12,14H,6-9,11H2,1H3,(H,21,25)(H,20,22,23). The molecule has 0 radical (unpaired) electrons. The van der Waals surface area contributed by atoms with Gasteiger partial charge in [-0.1, -0.05) is 12.1 Å². The van der Waals surface area contributed by atoms with Crippen LogP contribution in [0.2, 0.25) is 0 Å². The van der Waals surface area contributed by atoms with Crippen molar-refractivity contribution in [3.63, 3.8) is 0 Å². The van der Waals surface area contributed by atoms with Gasteiger partial charge in [0.05, 0.1) is 0 Å². The second kappa shape index (κ2) is 7.92. The van der Waals surface area contributed by atoms with Crippen molar-refractivity contribution < 1.29 is 9.18 Å². The van der Waals surface area contributed by atoms with E-state index in [9.17, 15) is 9.18 Å². The third-order valence-electron chi connectivity index (χ3n) is 4.48. The first-order valence-corrected chi connectivity index (χ1v) is 8.42. The van der Waals surface area contributed by atoms with E-state index >= 15 is 0 Å². The summed E-state index contributed by atoms with van der Waals surface area (Å²) >= 11 is 0. The zero-order valence-corrected chi connectivity index (χ0v) is 14.2. The molecule has 2 heterocycles. The second-order valence-corrected chi connectivity index (χ2v) is 6.12. The Balaban J connectivity index is 1.49. The molecule has 7 heteroatoms. The lowest BCUT2D eigenvalue weighted by Gasteiger charge is -2.32. The summed E-state index contributed by atoms with van der Waals surface area (Å²) in [5.41, 5.74) is 0.896. The molecule has 1 fully saturated rings. The predicted molar refractivity (Wildman–Crippen MR) is 94.8 cm³/mol. The van der Waals surface area contributed by atoms with Gasteiger partial charge in [-0.2, -0.15) is 0 Å². The van der Waals surface area contributed by atoms with Crippen LogP contribution < -0.4 is 15.5 Å². The van der Waals surface area contributed by atoms with E-state index in [1.807, 2.05) is 13.1 Å². The van der Waals surface area contributed by atoms with Crippen LogP contribution in [0.1, 0.15) is 18.4 Å². The lowest BCUT2D eigenvalue weighted by atomic mass is 9.96. The van der Waals surface area contributed by atoms with Crippen molar-refractivity contribution in [2.45, 2.75) is 19.4 Å². The van der Waals surface area contributed by atoms with Gasteiger partial charge in [0.2, 0.25) is 5.91 Å². The van der Waals surface area contributed by atoms with E-state index in [0.29, 0.717) is 6.54 Å². The zero-order valence-electron chi connectivity index (χ0n) is 14.2. The molecule has 1 saturated heterocycles. The predicted octanol–water partition coefficient (Wildman–Crippen LogP) is 2.19. The lowest BCUT2D eigenvalue weighted by Crippen LogP contribution is -2.40. The fraction of sp³-hybridized carbons (Fsp3) is 0.389. The van der Waals surface area contributed by atoms with Crippen LogP contribution in [0.4, 0.5) is 16.0 Å². The van der Waals surface area contributed by atoms with E-state index in [1.54, 1.807) is 18.5 Å². The van der Waals surface area contributed by atoms with E-state index in [2.05, 4.69) is 25.5 Å². The zero-order chi connectivity index (χ0) is 17.6. The molecule has 2 N–H and O–H groups in total. The van der Waals surface area contributed by atoms with Crippen LogP contribution in [0.5, 0.6) is 0 Å². The Kier molecular flexibility index (Phi) is 5.42. The molecule has 0 unspecified atom stereocenters. The Labute approximate surface area is 146 Å². The molecular formula is C18H22FN5O. The molecule has 1 aliphatic rings. The van der Waals surface area contributed by atoms with Crippen LogP contribution in [0, 0.1) is 11.7 Å². The topological polar surface area (TPSA) is 70.2 Å². The second-order valence-electron chi connectivity index (χ2n) is 6.12. The third kappa shape index (κ3) is 4.43. The number of amides is 1. The Hall–Kier alpha value is -2.70. The minimum atomic E-state index is -0.270.